The summed E-state index contributed by atoms with van der Waals surface area (Å²) < 4.78 is 5.17. The summed E-state index contributed by atoms with van der Waals surface area (Å²) in [6.07, 6.45) is 0. The minimum absolute atomic E-state index is 0.330. The molecular weight excluding hydrogens is 343 g/mol. The molecule has 0 N–H and O–H groups in total. The van der Waals surface area contributed by atoms with Crippen LogP contribution >= 0.6 is 35.0 Å². The van der Waals surface area contributed by atoms with E-state index in [9.17, 15) is 9.59 Å². The average Bonchev–Trinajstić information content (AvgIpc) is 2.52. The van der Waals surface area contributed by atoms with Gasteiger partial charge >= 0.3 is 0 Å². The molecule has 114 valence electrons. The maximum atomic E-state index is 11.5. The van der Waals surface area contributed by atoms with Crippen molar-refractivity contribution in [2.75, 3.05) is 7.11 Å². The van der Waals surface area contributed by atoms with E-state index in [0.717, 1.165) is 11.3 Å². The average molecular weight is 355 g/mol. The fourth-order valence-electron chi connectivity index (χ4n) is 1.85. The summed E-state index contributed by atoms with van der Waals surface area (Å²) in [6, 6.07) is 12.2. The summed E-state index contributed by atoms with van der Waals surface area (Å²) in [6.45, 7) is 0. The van der Waals surface area contributed by atoms with Crippen molar-refractivity contribution >= 4 is 45.4 Å². The Morgan fingerprint density at radius 3 is 2.50 bits per heavy atom. The van der Waals surface area contributed by atoms with Crippen molar-refractivity contribution in [3.8, 4) is 5.75 Å². The molecule has 0 saturated carbocycles. The van der Waals surface area contributed by atoms with Crippen molar-refractivity contribution < 1.29 is 14.3 Å². The van der Waals surface area contributed by atoms with Gasteiger partial charge in [0.05, 0.1) is 7.11 Å². The Balaban J connectivity index is 2.25. The van der Waals surface area contributed by atoms with Gasteiger partial charge in [0.1, 0.15) is 5.75 Å². The zero-order valence-corrected chi connectivity index (χ0v) is 14.0. The first-order chi connectivity index (χ1) is 10.5. The van der Waals surface area contributed by atoms with E-state index in [1.807, 2.05) is 24.3 Å². The highest BCUT2D eigenvalue weighted by Crippen LogP contribution is 2.30. The molecule has 0 spiro atoms. The van der Waals surface area contributed by atoms with Gasteiger partial charge in [0.15, 0.2) is 0 Å². The molecule has 0 aromatic heterocycles. The Hall–Kier alpha value is -1.49. The van der Waals surface area contributed by atoms with Crippen LogP contribution in [-0.4, -0.2) is 17.6 Å². The maximum absolute atomic E-state index is 11.5. The van der Waals surface area contributed by atoms with Crippen LogP contribution in [0, 0.1) is 0 Å². The SMILES string of the molecule is COc1cccc(CSc2cc(C(=O)Cl)ccc2C(=O)Cl)c1. The van der Waals surface area contributed by atoms with Gasteiger partial charge in [-0.3, -0.25) is 9.59 Å². The molecule has 0 aliphatic rings. The first-order valence-electron chi connectivity index (χ1n) is 6.30. The van der Waals surface area contributed by atoms with Gasteiger partial charge in [-0.25, -0.2) is 0 Å². The van der Waals surface area contributed by atoms with Gasteiger partial charge < -0.3 is 4.74 Å². The van der Waals surface area contributed by atoms with Crippen molar-refractivity contribution in [1.29, 1.82) is 0 Å². The predicted octanol–water partition coefficient (Wildman–Crippen LogP) is 4.75. The quantitative estimate of drug-likeness (QED) is 0.554. The second kappa shape index (κ2) is 7.68. The number of methoxy groups -OCH3 is 1. The molecule has 0 radical (unpaired) electrons. The second-order valence-corrected chi connectivity index (χ2v) is 6.10. The summed E-state index contributed by atoms with van der Waals surface area (Å²) in [4.78, 5) is 23.4. The molecule has 0 atom stereocenters. The predicted molar refractivity (Wildman–Crippen MR) is 89.4 cm³/mol. The summed E-state index contributed by atoms with van der Waals surface area (Å²) >= 11 is 12.5. The molecule has 6 heteroatoms. The number of halogens is 2. The fourth-order valence-corrected chi connectivity index (χ4v) is 3.22. The minimum atomic E-state index is -0.572. The lowest BCUT2D eigenvalue weighted by Crippen LogP contribution is -1.97. The van der Waals surface area contributed by atoms with Crippen molar-refractivity contribution in [1.82, 2.24) is 0 Å². The van der Waals surface area contributed by atoms with E-state index in [0.29, 0.717) is 21.8 Å². The molecule has 0 unspecified atom stereocenters. The van der Waals surface area contributed by atoms with Gasteiger partial charge in [-0.05, 0) is 59.1 Å². The Labute approximate surface area is 142 Å². The summed E-state index contributed by atoms with van der Waals surface area (Å²) in [7, 11) is 1.60. The van der Waals surface area contributed by atoms with E-state index in [2.05, 4.69) is 0 Å². The van der Waals surface area contributed by atoms with Crippen molar-refractivity contribution in [2.45, 2.75) is 10.6 Å². The zero-order valence-electron chi connectivity index (χ0n) is 11.6. The number of hydrogen-bond acceptors (Lipinski definition) is 4. The third-order valence-corrected chi connectivity index (χ3v) is 4.50. The van der Waals surface area contributed by atoms with Crippen LogP contribution in [0.2, 0.25) is 0 Å². The molecule has 3 nitrogen and oxygen atoms in total. The molecule has 0 saturated heterocycles. The van der Waals surface area contributed by atoms with Crippen LogP contribution in [0.25, 0.3) is 0 Å². The number of carbonyl (C=O) groups is 2. The van der Waals surface area contributed by atoms with E-state index < -0.39 is 10.5 Å². The van der Waals surface area contributed by atoms with Gasteiger partial charge in [-0.1, -0.05) is 12.1 Å². The number of ether oxygens (including phenoxy) is 1. The lowest BCUT2D eigenvalue weighted by Gasteiger charge is -2.08. The topological polar surface area (TPSA) is 43.4 Å². The molecular formula is C16H12Cl2O3S. The molecule has 0 heterocycles. The van der Waals surface area contributed by atoms with Gasteiger partial charge in [0.2, 0.25) is 0 Å². The van der Waals surface area contributed by atoms with E-state index in [-0.39, 0.29) is 0 Å². The van der Waals surface area contributed by atoms with E-state index in [1.54, 1.807) is 13.2 Å². The summed E-state index contributed by atoms with van der Waals surface area (Å²) in [5, 5.41) is -1.14. The number of thioether (sulfide) groups is 1. The van der Waals surface area contributed by atoms with Crippen molar-refractivity contribution in [3.63, 3.8) is 0 Å². The lowest BCUT2D eigenvalue weighted by atomic mass is 10.1. The van der Waals surface area contributed by atoms with Gasteiger partial charge in [-0.2, -0.15) is 0 Å². The number of hydrogen-bond donors (Lipinski definition) is 0. The van der Waals surface area contributed by atoms with Crippen LogP contribution in [0.15, 0.2) is 47.4 Å². The minimum Gasteiger partial charge on any atom is -0.497 e. The Morgan fingerprint density at radius 2 is 1.86 bits per heavy atom. The summed E-state index contributed by atoms with van der Waals surface area (Å²) in [5.41, 5.74) is 1.72. The molecule has 0 bridgehead atoms. The Kier molecular flexibility index (Phi) is 5.89. The molecule has 2 rings (SSSR count). The fraction of sp³-hybridized carbons (Fsp3) is 0.125. The molecule has 0 fully saturated rings. The molecule has 22 heavy (non-hydrogen) atoms. The van der Waals surface area contributed by atoms with E-state index in [1.165, 1.54) is 23.9 Å². The number of benzene rings is 2. The Morgan fingerprint density at radius 1 is 1.09 bits per heavy atom. The number of rotatable bonds is 6. The van der Waals surface area contributed by atoms with Crippen LogP contribution in [0.5, 0.6) is 5.75 Å². The highest BCUT2D eigenvalue weighted by molar-refractivity contribution is 7.98. The molecule has 0 amide bonds. The Bertz CT molecular complexity index is 716. The maximum Gasteiger partial charge on any atom is 0.253 e. The highest BCUT2D eigenvalue weighted by atomic mass is 35.5. The zero-order chi connectivity index (χ0) is 16.1. The van der Waals surface area contributed by atoms with Gasteiger partial charge in [-0.15, -0.1) is 11.8 Å². The van der Waals surface area contributed by atoms with Gasteiger partial charge in [0, 0.05) is 21.8 Å². The van der Waals surface area contributed by atoms with Gasteiger partial charge in [0.25, 0.3) is 10.5 Å². The third kappa shape index (κ3) is 4.26. The number of carbonyl (C=O) groups excluding carboxylic acids is 2. The third-order valence-electron chi connectivity index (χ3n) is 2.95. The normalized spacial score (nSPS) is 10.3. The largest absolute Gasteiger partial charge is 0.497 e. The standard InChI is InChI=1S/C16H12Cl2O3S/c1-21-12-4-2-3-10(7-12)9-22-14-8-11(15(17)19)5-6-13(14)16(18)20/h2-8H,9H2,1H3. The monoisotopic (exact) mass is 354 g/mol. The van der Waals surface area contributed by atoms with Crippen molar-refractivity contribution in [2.24, 2.45) is 0 Å². The molecule has 2 aromatic carbocycles. The van der Waals surface area contributed by atoms with E-state index in [4.69, 9.17) is 27.9 Å². The second-order valence-electron chi connectivity index (χ2n) is 4.40. The first kappa shape index (κ1) is 16.9. The molecule has 2 aromatic rings. The molecule has 0 aliphatic heterocycles. The smallest absolute Gasteiger partial charge is 0.253 e. The first-order valence-corrected chi connectivity index (χ1v) is 8.05. The van der Waals surface area contributed by atoms with Crippen LogP contribution in [0.3, 0.4) is 0 Å². The lowest BCUT2D eigenvalue weighted by molar-refractivity contribution is 0.106. The van der Waals surface area contributed by atoms with Crippen LogP contribution < -0.4 is 4.74 Å². The van der Waals surface area contributed by atoms with E-state index >= 15 is 0 Å². The summed E-state index contributed by atoms with van der Waals surface area (Å²) in [5.74, 6) is 1.37. The highest BCUT2D eigenvalue weighted by Gasteiger charge is 2.13. The van der Waals surface area contributed by atoms with Crippen LogP contribution in [-0.2, 0) is 5.75 Å². The van der Waals surface area contributed by atoms with Crippen LogP contribution in [0.1, 0.15) is 26.3 Å². The molecule has 0 aliphatic carbocycles. The van der Waals surface area contributed by atoms with Crippen LogP contribution in [0.4, 0.5) is 0 Å². The van der Waals surface area contributed by atoms with Crippen molar-refractivity contribution in [3.05, 3.63) is 59.2 Å².